The second-order valence-electron chi connectivity index (χ2n) is 3.26. The van der Waals surface area contributed by atoms with Gasteiger partial charge in [-0.3, -0.25) is 0 Å². The van der Waals surface area contributed by atoms with E-state index >= 15 is 0 Å². The highest BCUT2D eigenvalue weighted by atomic mass is 31.2. The van der Waals surface area contributed by atoms with E-state index in [-0.39, 0.29) is 0 Å². The number of carbonyl (C=O) groups is 3. The minimum absolute atomic E-state index is 0.427. The molecule has 1 rings (SSSR count). The minimum Gasteiger partial charge on any atom is -0.475 e. The van der Waals surface area contributed by atoms with Gasteiger partial charge in [-0.1, -0.05) is 0 Å². The molecule has 2 amide bonds. The SMILES string of the molecule is O=C(O)C(OP(=O)(O)O)[N+]1(O)C(=O)CCC1=O. The average Bonchev–Trinajstić information content (AvgIpc) is 2.42. The summed E-state index contributed by atoms with van der Waals surface area (Å²) in [5.74, 6) is -4.44. The van der Waals surface area contributed by atoms with Crippen molar-refractivity contribution in [2.75, 3.05) is 0 Å². The van der Waals surface area contributed by atoms with Gasteiger partial charge in [-0.25, -0.2) is 23.5 Å². The molecule has 1 aliphatic heterocycles. The smallest absolute Gasteiger partial charge is 0.474 e. The Labute approximate surface area is 93.8 Å². The van der Waals surface area contributed by atoms with E-state index in [0.29, 0.717) is 0 Å². The number of hydroxylamine groups is 3. The lowest BCUT2D eigenvalue weighted by molar-refractivity contribution is -0.998. The van der Waals surface area contributed by atoms with Crippen LogP contribution in [0.2, 0.25) is 0 Å². The number of carboxylic acids is 1. The summed E-state index contributed by atoms with van der Waals surface area (Å²) in [6.07, 6.45) is -3.54. The zero-order chi connectivity index (χ0) is 13.4. The summed E-state index contributed by atoms with van der Waals surface area (Å²) in [6, 6.07) is 0. The first-order valence-electron chi connectivity index (χ1n) is 4.24. The molecule has 1 unspecified atom stereocenters. The number of hydrogen-bond acceptors (Lipinski definition) is 6. The van der Waals surface area contributed by atoms with Crippen molar-refractivity contribution < 1.29 is 48.2 Å². The number of imide groups is 1. The number of phosphoric ester groups is 1. The standard InChI is InChI=1S/C6H8NO9P/c8-3-1-2-4(9)7(3,12)5(6(10)11)16-17(13,14)15/h5,12H,1-2H2,(H2-,10,11,13,14,15)/p+1. The van der Waals surface area contributed by atoms with Gasteiger partial charge in [-0.2, -0.15) is 5.21 Å². The van der Waals surface area contributed by atoms with Gasteiger partial charge < -0.3 is 14.9 Å². The van der Waals surface area contributed by atoms with Crippen molar-refractivity contribution in [2.24, 2.45) is 0 Å². The van der Waals surface area contributed by atoms with Crippen LogP contribution >= 0.6 is 7.82 Å². The van der Waals surface area contributed by atoms with Crippen molar-refractivity contribution >= 4 is 25.6 Å². The Hall–Kier alpha value is -1.16. The second kappa shape index (κ2) is 4.26. The maximum absolute atomic E-state index is 11.2. The predicted octanol–water partition coefficient (Wildman–Crippen LogP) is -1.44. The van der Waals surface area contributed by atoms with Crippen LogP contribution in [0.4, 0.5) is 0 Å². The summed E-state index contributed by atoms with van der Waals surface area (Å²) in [5, 5.41) is 18.3. The van der Waals surface area contributed by atoms with Crippen LogP contribution in [0.25, 0.3) is 0 Å². The van der Waals surface area contributed by atoms with Crippen LogP contribution in [0.15, 0.2) is 0 Å². The van der Waals surface area contributed by atoms with Gasteiger partial charge in [-0.05, 0) is 4.65 Å². The van der Waals surface area contributed by atoms with E-state index in [4.69, 9.17) is 14.9 Å². The molecule has 0 aromatic rings. The summed E-state index contributed by atoms with van der Waals surface area (Å²) in [6.45, 7) is 0. The van der Waals surface area contributed by atoms with E-state index in [9.17, 15) is 24.2 Å². The number of likely N-dealkylation sites (tertiary alicyclic amines) is 1. The summed E-state index contributed by atoms with van der Waals surface area (Å²) < 4.78 is 12.0. The molecule has 0 radical (unpaired) electrons. The largest absolute Gasteiger partial charge is 0.475 e. The van der Waals surface area contributed by atoms with Gasteiger partial charge in [0.05, 0.1) is 12.8 Å². The molecule has 0 spiro atoms. The highest BCUT2D eigenvalue weighted by Crippen LogP contribution is 2.41. The molecule has 4 N–H and O–H groups in total. The number of quaternary nitrogens is 1. The molecule has 1 atom stereocenters. The van der Waals surface area contributed by atoms with Crippen LogP contribution in [-0.2, 0) is 23.5 Å². The highest BCUT2D eigenvalue weighted by Gasteiger charge is 2.61. The van der Waals surface area contributed by atoms with Crippen LogP contribution in [0.5, 0.6) is 0 Å². The van der Waals surface area contributed by atoms with Crippen LogP contribution in [0.3, 0.4) is 0 Å². The Morgan fingerprint density at radius 1 is 1.29 bits per heavy atom. The first-order valence-corrected chi connectivity index (χ1v) is 5.77. The summed E-state index contributed by atoms with van der Waals surface area (Å²) in [4.78, 5) is 50.1. The molecule has 0 aromatic heterocycles. The lowest BCUT2D eigenvalue weighted by Gasteiger charge is -2.25. The van der Waals surface area contributed by atoms with Gasteiger partial charge >= 0.3 is 31.8 Å². The first-order chi connectivity index (χ1) is 7.59. The molecule has 17 heavy (non-hydrogen) atoms. The molecule has 10 nitrogen and oxygen atoms in total. The molecule has 0 aliphatic carbocycles. The van der Waals surface area contributed by atoms with Crippen LogP contribution < -0.4 is 0 Å². The number of amides is 2. The van der Waals surface area contributed by atoms with Gasteiger partial charge in [0.1, 0.15) is 0 Å². The van der Waals surface area contributed by atoms with Gasteiger partial charge in [0.2, 0.25) is 0 Å². The molecule has 0 bridgehead atoms. The molecule has 11 heteroatoms. The van der Waals surface area contributed by atoms with E-state index in [2.05, 4.69) is 4.52 Å². The third-order valence-corrected chi connectivity index (χ3v) is 2.58. The van der Waals surface area contributed by atoms with Crippen molar-refractivity contribution in [3.05, 3.63) is 0 Å². The van der Waals surface area contributed by atoms with Crippen molar-refractivity contribution in [1.82, 2.24) is 0 Å². The normalized spacial score (nSPS) is 21.6. The van der Waals surface area contributed by atoms with Gasteiger partial charge in [0, 0.05) is 0 Å². The highest BCUT2D eigenvalue weighted by molar-refractivity contribution is 7.46. The Morgan fingerprint density at radius 2 is 1.71 bits per heavy atom. The van der Waals surface area contributed by atoms with E-state index in [0.717, 1.165) is 0 Å². The number of aliphatic carboxylic acids is 1. The first kappa shape index (κ1) is 13.9. The summed E-state index contributed by atoms with van der Waals surface area (Å²) in [7, 11) is -5.28. The quantitative estimate of drug-likeness (QED) is 0.207. The number of phosphoric acid groups is 1. The molecule has 1 aliphatic rings. The summed E-state index contributed by atoms with van der Waals surface area (Å²) in [5.41, 5.74) is 0. The Kier molecular flexibility index (Phi) is 3.48. The predicted molar refractivity (Wildman–Crippen MR) is 45.8 cm³/mol. The van der Waals surface area contributed by atoms with E-state index < -0.39 is 49.3 Å². The van der Waals surface area contributed by atoms with Crippen molar-refractivity contribution in [3.8, 4) is 0 Å². The number of hydrogen-bond donors (Lipinski definition) is 4. The van der Waals surface area contributed by atoms with Crippen LogP contribution in [-0.4, -0.2) is 48.8 Å². The Bertz CT molecular complexity index is 409. The van der Waals surface area contributed by atoms with Crippen LogP contribution in [0, 0.1) is 0 Å². The fourth-order valence-corrected chi connectivity index (χ4v) is 1.85. The fourth-order valence-electron chi connectivity index (χ4n) is 1.36. The lowest BCUT2D eigenvalue weighted by atomic mass is 10.4. The maximum atomic E-state index is 11.2. The zero-order valence-corrected chi connectivity index (χ0v) is 9.11. The second-order valence-corrected chi connectivity index (χ2v) is 4.45. The number of rotatable bonds is 4. The van der Waals surface area contributed by atoms with Crippen molar-refractivity contribution in [2.45, 2.75) is 19.1 Å². The minimum atomic E-state index is -5.28. The number of carbonyl (C=O) groups excluding carboxylic acids is 2. The van der Waals surface area contributed by atoms with E-state index in [1.165, 1.54) is 0 Å². The third kappa shape index (κ3) is 2.57. The van der Waals surface area contributed by atoms with Gasteiger partial charge in [0.15, 0.2) is 0 Å². The molecule has 1 fully saturated rings. The van der Waals surface area contributed by atoms with Crippen molar-refractivity contribution in [3.63, 3.8) is 0 Å². The summed E-state index contributed by atoms with van der Waals surface area (Å²) >= 11 is 0. The maximum Gasteiger partial charge on any atom is 0.474 e. The van der Waals surface area contributed by atoms with E-state index in [1.807, 2.05) is 0 Å². The molecular weight excluding hydrogens is 261 g/mol. The Balaban J connectivity index is 3.15. The topological polar surface area (TPSA) is 158 Å². The average molecular weight is 270 g/mol. The molecule has 0 saturated carbocycles. The van der Waals surface area contributed by atoms with Gasteiger partial charge in [0.25, 0.3) is 0 Å². The molecule has 1 saturated heterocycles. The molecule has 96 valence electrons. The number of carboxylic acid groups (broad SMARTS) is 1. The van der Waals surface area contributed by atoms with Gasteiger partial charge in [-0.15, -0.1) is 0 Å². The zero-order valence-electron chi connectivity index (χ0n) is 8.22. The molecule has 0 aromatic carbocycles. The number of nitrogens with zero attached hydrogens (tertiary/aromatic N) is 1. The Morgan fingerprint density at radius 3 is 2.00 bits per heavy atom. The third-order valence-electron chi connectivity index (χ3n) is 2.10. The molecule has 1 heterocycles. The van der Waals surface area contributed by atoms with Crippen LogP contribution in [0.1, 0.15) is 12.8 Å². The molecular formula is C6H9NO9P+. The fraction of sp³-hybridized carbons (Fsp3) is 0.500. The lowest BCUT2D eigenvalue weighted by Crippen LogP contribution is -2.60. The van der Waals surface area contributed by atoms with E-state index in [1.54, 1.807) is 0 Å². The van der Waals surface area contributed by atoms with Crippen molar-refractivity contribution in [1.29, 1.82) is 0 Å². The monoisotopic (exact) mass is 270 g/mol.